The highest BCUT2D eigenvalue weighted by atomic mass is 32.1. The fraction of sp³-hybridized carbons (Fsp3) is 0.667. The fourth-order valence-electron chi connectivity index (χ4n) is 3.12. The number of likely N-dealkylation sites (tertiary alicyclic amines) is 1. The molecule has 2 heterocycles. The number of carbonyl (C=O) groups excluding carboxylic acids is 2. The van der Waals surface area contributed by atoms with Crippen LogP contribution in [0.15, 0.2) is 17.5 Å². The molecule has 6 nitrogen and oxygen atoms in total. The van der Waals surface area contributed by atoms with Crippen LogP contribution >= 0.6 is 11.3 Å². The van der Waals surface area contributed by atoms with Crippen LogP contribution in [0.3, 0.4) is 0 Å². The number of rotatable bonds is 4. The van der Waals surface area contributed by atoms with Crippen molar-refractivity contribution in [3.05, 3.63) is 22.4 Å². The summed E-state index contributed by atoms with van der Waals surface area (Å²) >= 11 is 1.42. The number of aliphatic hydroxyl groups excluding tert-OH is 1. The summed E-state index contributed by atoms with van der Waals surface area (Å²) in [5.41, 5.74) is -0.530. The summed E-state index contributed by atoms with van der Waals surface area (Å²) in [5.74, 6) is -1.07. The standard InChI is InChI=1S/C18H27NO5S/c1-18(2,3)24-17(22)19-9-7-12(8-10-19)14(16(21)23-4)15(20)13-6-5-11-25-13/h5-6,11-12,14-15,20H,7-10H2,1-4H3. The first kappa shape index (κ1) is 19.7. The fourth-order valence-corrected chi connectivity index (χ4v) is 3.88. The van der Waals surface area contributed by atoms with Crippen molar-refractivity contribution in [2.75, 3.05) is 20.2 Å². The van der Waals surface area contributed by atoms with Gasteiger partial charge in [0.15, 0.2) is 0 Å². The summed E-state index contributed by atoms with van der Waals surface area (Å²) in [6.07, 6.45) is 0.0352. The molecule has 140 valence electrons. The molecule has 0 aliphatic carbocycles. The monoisotopic (exact) mass is 369 g/mol. The summed E-state index contributed by atoms with van der Waals surface area (Å²) in [6.45, 7) is 6.52. The number of hydrogen-bond donors (Lipinski definition) is 1. The highest BCUT2D eigenvalue weighted by Gasteiger charge is 2.39. The largest absolute Gasteiger partial charge is 0.469 e. The molecule has 2 unspecified atom stereocenters. The van der Waals surface area contributed by atoms with Gasteiger partial charge in [-0.1, -0.05) is 6.07 Å². The summed E-state index contributed by atoms with van der Waals surface area (Å²) in [7, 11) is 1.34. The summed E-state index contributed by atoms with van der Waals surface area (Å²) in [5, 5.41) is 12.5. The molecule has 1 amide bonds. The van der Waals surface area contributed by atoms with E-state index in [-0.39, 0.29) is 12.0 Å². The smallest absolute Gasteiger partial charge is 0.410 e. The second-order valence-corrected chi connectivity index (χ2v) is 8.29. The number of hydrogen-bond acceptors (Lipinski definition) is 6. The van der Waals surface area contributed by atoms with E-state index in [9.17, 15) is 14.7 Å². The Labute approximate surface area is 152 Å². The minimum absolute atomic E-state index is 0.0387. The minimum atomic E-state index is -0.884. The number of methoxy groups -OCH3 is 1. The van der Waals surface area contributed by atoms with E-state index in [0.29, 0.717) is 25.9 Å². The first-order chi connectivity index (χ1) is 11.7. The SMILES string of the molecule is COC(=O)C(C1CCN(C(=O)OC(C)(C)C)CC1)C(O)c1cccs1. The van der Waals surface area contributed by atoms with E-state index >= 15 is 0 Å². The van der Waals surface area contributed by atoms with Gasteiger partial charge < -0.3 is 19.5 Å². The molecule has 0 saturated carbocycles. The Bertz CT molecular complexity index is 573. The van der Waals surface area contributed by atoms with Crippen LogP contribution in [0, 0.1) is 11.8 Å². The molecule has 7 heteroatoms. The molecule has 1 fully saturated rings. The van der Waals surface area contributed by atoms with Crippen LogP contribution in [0.2, 0.25) is 0 Å². The zero-order valence-corrected chi connectivity index (χ0v) is 16.0. The van der Waals surface area contributed by atoms with E-state index in [4.69, 9.17) is 9.47 Å². The molecule has 1 aromatic rings. The van der Waals surface area contributed by atoms with Crippen molar-refractivity contribution in [3.8, 4) is 0 Å². The molecule has 1 aliphatic heterocycles. The Balaban J connectivity index is 2.02. The summed E-state index contributed by atoms with van der Waals surface area (Å²) < 4.78 is 10.3. The zero-order chi connectivity index (χ0) is 18.6. The molecule has 0 bridgehead atoms. The molecule has 1 saturated heterocycles. The molecular formula is C18H27NO5S. The van der Waals surface area contributed by atoms with Crippen molar-refractivity contribution in [1.82, 2.24) is 4.90 Å². The second kappa shape index (κ2) is 8.19. The zero-order valence-electron chi connectivity index (χ0n) is 15.2. The van der Waals surface area contributed by atoms with Crippen molar-refractivity contribution in [3.63, 3.8) is 0 Å². The van der Waals surface area contributed by atoms with E-state index in [2.05, 4.69) is 0 Å². The lowest BCUT2D eigenvalue weighted by atomic mass is 9.80. The summed E-state index contributed by atoms with van der Waals surface area (Å²) in [6, 6.07) is 3.67. The number of aliphatic hydroxyl groups is 1. The maximum absolute atomic E-state index is 12.3. The Kier molecular flexibility index (Phi) is 6.46. The number of piperidine rings is 1. The molecule has 2 rings (SSSR count). The number of nitrogens with zero attached hydrogens (tertiary/aromatic N) is 1. The predicted molar refractivity (Wildman–Crippen MR) is 95.3 cm³/mol. The van der Waals surface area contributed by atoms with Crippen LogP contribution in [0.4, 0.5) is 4.79 Å². The van der Waals surface area contributed by atoms with Gasteiger partial charge in [-0.25, -0.2) is 4.79 Å². The quantitative estimate of drug-likeness (QED) is 0.825. The van der Waals surface area contributed by atoms with Gasteiger partial charge in [-0.05, 0) is 51.0 Å². The maximum atomic E-state index is 12.3. The van der Waals surface area contributed by atoms with Crippen LogP contribution in [0.1, 0.15) is 44.6 Å². The average molecular weight is 369 g/mol. The third-order valence-electron chi connectivity index (χ3n) is 4.35. The number of carbonyl (C=O) groups is 2. The Hall–Kier alpha value is -1.60. The van der Waals surface area contributed by atoms with E-state index in [0.717, 1.165) is 4.88 Å². The Morgan fingerprint density at radius 2 is 1.96 bits per heavy atom. The van der Waals surface area contributed by atoms with Crippen LogP contribution in [-0.4, -0.2) is 47.9 Å². The van der Waals surface area contributed by atoms with Gasteiger partial charge >= 0.3 is 12.1 Å². The predicted octanol–water partition coefficient (Wildman–Crippen LogP) is 3.22. The van der Waals surface area contributed by atoms with Gasteiger partial charge in [0.1, 0.15) is 11.7 Å². The lowest BCUT2D eigenvalue weighted by molar-refractivity contribution is -0.153. The normalized spacial score (nSPS) is 18.5. The van der Waals surface area contributed by atoms with E-state index in [1.54, 1.807) is 4.90 Å². The summed E-state index contributed by atoms with van der Waals surface area (Å²) in [4.78, 5) is 26.8. The van der Waals surface area contributed by atoms with Crippen LogP contribution in [-0.2, 0) is 14.3 Å². The maximum Gasteiger partial charge on any atom is 0.410 e. The van der Waals surface area contributed by atoms with Gasteiger partial charge in [0.05, 0.1) is 13.0 Å². The van der Waals surface area contributed by atoms with Crippen molar-refractivity contribution in [1.29, 1.82) is 0 Å². The van der Waals surface area contributed by atoms with E-state index < -0.39 is 23.6 Å². The van der Waals surface area contributed by atoms with Crippen molar-refractivity contribution >= 4 is 23.4 Å². The average Bonchev–Trinajstić information content (AvgIpc) is 3.08. The molecule has 0 aromatic carbocycles. The molecule has 2 atom stereocenters. The van der Waals surface area contributed by atoms with E-state index in [1.165, 1.54) is 18.4 Å². The highest BCUT2D eigenvalue weighted by Crippen LogP contribution is 2.37. The highest BCUT2D eigenvalue weighted by molar-refractivity contribution is 7.10. The Morgan fingerprint density at radius 3 is 2.44 bits per heavy atom. The lowest BCUT2D eigenvalue weighted by Crippen LogP contribution is -2.44. The Morgan fingerprint density at radius 1 is 1.32 bits per heavy atom. The lowest BCUT2D eigenvalue weighted by Gasteiger charge is -2.37. The van der Waals surface area contributed by atoms with Crippen LogP contribution in [0.25, 0.3) is 0 Å². The van der Waals surface area contributed by atoms with E-state index in [1.807, 2.05) is 38.3 Å². The van der Waals surface area contributed by atoms with Crippen LogP contribution in [0.5, 0.6) is 0 Å². The topological polar surface area (TPSA) is 76.1 Å². The molecule has 1 aliphatic rings. The number of ether oxygens (including phenoxy) is 2. The third kappa shape index (κ3) is 5.19. The molecule has 1 aromatic heterocycles. The van der Waals surface area contributed by atoms with Gasteiger partial charge in [-0.2, -0.15) is 0 Å². The van der Waals surface area contributed by atoms with Crippen molar-refractivity contribution < 1.29 is 24.2 Å². The first-order valence-corrected chi connectivity index (χ1v) is 9.38. The van der Waals surface area contributed by atoms with Gasteiger partial charge in [0, 0.05) is 18.0 Å². The van der Waals surface area contributed by atoms with Gasteiger partial charge in [-0.3, -0.25) is 4.79 Å². The van der Waals surface area contributed by atoms with Gasteiger partial charge in [-0.15, -0.1) is 11.3 Å². The third-order valence-corrected chi connectivity index (χ3v) is 5.29. The molecule has 0 radical (unpaired) electrons. The first-order valence-electron chi connectivity index (χ1n) is 8.50. The van der Waals surface area contributed by atoms with Crippen LogP contribution < -0.4 is 0 Å². The second-order valence-electron chi connectivity index (χ2n) is 7.31. The van der Waals surface area contributed by atoms with Crippen molar-refractivity contribution in [2.45, 2.75) is 45.3 Å². The molecular weight excluding hydrogens is 342 g/mol. The van der Waals surface area contributed by atoms with Crippen molar-refractivity contribution in [2.24, 2.45) is 11.8 Å². The number of esters is 1. The molecule has 1 N–H and O–H groups in total. The number of amides is 1. The number of thiophene rings is 1. The molecule has 0 spiro atoms. The van der Waals surface area contributed by atoms with Gasteiger partial charge in [0.2, 0.25) is 0 Å². The minimum Gasteiger partial charge on any atom is -0.469 e. The van der Waals surface area contributed by atoms with Gasteiger partial charge in [0.25, 0.3) is 0 Å². The molecule has 25 heavy (non-hydrogen) atoms.